The predicted molar refractivity (Wildman–Crippen MR) is 121 cm³/mol. The highest BCUT2D eigenvalue weighted by molar-refractivity contribution is 7.93. The molecule has 0 unspecified atom stereocenters. The summed E-state index contributed by atoms with van der Waals surface area (Å²) in [4.78, 5) is 13.0. The fourth-order valence-corrected chi connectivity index (χ4v) is 5.89. The standard InChI is InChI=1S/C22H23F3N2O6S.ClH/c23-22(24,25)33-18-5-3-16(4-6-18)32-17-7-9-19(10-8-17)34(30,31)21(11-13-26-14-12-21)20(28)27(29)15-1-2-15;/h3-10,15,26,29H,1-2,11-14H2;1H. The quantitative estimate of drug-likeness (QED) is 0.406. The van der Waals surface area contributed by atoms with Crippen molar-refractivity contribution in [3.05, 3.63) is 48.5 Å². The normalized spacial score (nSPS) is 17.7. The van der Waals surface area contributed by atoms with Gasteiger partial charge in [0.2, 0.25) is 0 Å². The Balaban J connectivity index is 0.00000342. The Kier molecular flexibility index (Phi) is 7.89. The lowest BCUT2D eigenvalue weighted by Crippen LogP contribution is -2.58. The maximum Gasteiger partial charge on any atom is 0.573 e. The van der Waals surface area contributed by atoms with Crippen LogP contribution in [-0.2, 0) is 14.6 Å². The van der Waals surface area contributed by atoms with Gasteiger partial charge in [0.15, 0.2) is 14.6 Å². The molecule has 0 bridgehead atoms. The number of rotatable bonds is 7. The second-order valence-electron chi connectivity index (χ2n) is 8.22. The van der Waals surface area contributed by atoms with Gasteiger partial charge in [-0.2, -0.15) is 0 Å². The van der Waals surface area contributed by atoms with Crippen LogP contribution in [-0.4, -0.2) is 54.8 Å². The van der Waals surface area contributed by atoms with Crippen molar-refractivity contribution in [2.24, 2.45) is 0 Å². The van der Waals surface area contributed by atoms with E-state index >= 15 is 0 Å². The Morgan fingerprint density at radius 3 is 1.94 bits per heavy atom. The first-order valence-corrected chi connectivity index (χ1v) is 12.1. The van der Waals surface area contributed by atoms with E-state index in [1.807, 2.05) is 0 Å². The van der Waals surface area contributed by atoms with E-state index in [9.17, 15) is 31.6 Å². The number of nitrogens with one attached hydrogen (secondary N) is 1. The molecular formula is C22H24ClF3N2O6S. The Morgan fingerprint density at radius 2 is 1.46 bits per heavy atom. The summed E-state index contributed by atoms with van der Waals surface area (Å²) in [6.45, 7) is 0.636. The second kappa shape index (κ2) is 10.2. The van der Waals surface area contributed by atoms with Crippen molar-refractivity contribution in [1.82, 2.24) is 10.4 Å². The third kappa shape index (κ3) is 5.83. The summed E-state index contributed by atoms with van der Waals surface area (Å²) in [5.74, 6) is -0.744. The molecule has 1 heterocycles. The summed E-state index contributed by atoms with van der Waals surface area (Å²) in [7, 11) is -4.16. The van der Waals surface area contributed by atoms with E-state index < -0.39 is 32.6 Å². The minimum atomic E-state index is -4.80. The van der Waals surface area contributed by atoms with Gasteiger partial charge in [0.1, 0.15) is 17.2 Å². The molecule has 2 aromatic carbocycles. The molecule has 4 rings (SSSR count). The van der Waals surface area contributed by atoms with Gasteiger partial charge in [0.05, 0.1) is 10.9 Å². The molecule has 2 fully saturated rings. The van der Waals surface area contributed by atoms with Crippen molar-refractivity contribution in [3.63, 3.8) is 0 Å². The molecule has 1 amide bonds. The van der Waals surface area contributed by atoms with Crippen molar-refractivity contribution in [2.45, 2.75) is 47.7 Å². The van der Waals surface area contributed by atoms with E-state index in [4.69, 9.17) is 4.74 Å². The number of benzene rings is 2. The Hall–Kier alpha value is -2.54. The van der Waals surface area contributed by atoms with Crippen molar-refractivity contribution < 1.29 is 41.1 Å². The summed E-state index contributed by atoms with van der Waals surface area (Å²) in [5.41, 5.74) is 0. The molecule has 0 spiro atoms. The van der Waals surface area contributed by atoms with Crippen molar-refractivity contribution in [3.8, 4) is 17.2 Å². The molecule has 0 radical (unpaired) electrons. The molecule has 1 aliphatic carbocycles. The largest absolute Gasteiger partial charge is 0.573 e. The van der Waals surface area contributed by atoms with Crippen LogP contribution >= 0.6 is 12.4 Å². The first-order chi connectivity index (χ1) is 16.0. The number of sulfone groups is 1. The van der Waals surface area contributed by atoms with Gasteiger partial charge >= 0.3 is 6.36 Å². The highest BCUT2D eigenvalue weighted by atomic mass is 35.5. The SMILES string of the molecule is Cl.O=C(N(O)C1CC1)C1(S(=O)(=O)c2ccc(Oc3ccc(OC(F)(F)F)cc3)cc2)CCNCC1. The van der Waals surface area contributed by atoms with E-state index in [-0.39, 0.29) is 47.7 Å². The fourth-order valence-electron chi connectivity index (χ4n) is 3.88. The van der Waals surface area contributed by atoms with E-state index in [1.165, 1.54) is 36.4 Å². The van der Waals surface area contributed by atoms with Crippen LogP contribution in [0.15, 0.2) is 53.4 Å². The van der Waals surface area contributed by atoms with E-state index in [1.54, 1.807) is 0 Å². The summed E-state index contributed by atoms with van der Waals surface area (Å²) < 4.78 is 71.6. The average molecular weight is 537 g/mol. The predicted octanol–water partition coefficient (Wildman–Crippen LogP) is 4.08. The lowest BCUT2D eigenvalue weighted by molar-refractivity contribution is -0.274. The van der Waals surface area contributed by atoms with Gasteiger partial charge in [-0.25, -0.2) is 13.5 Å². The zero-order chi connectivity index (χ0) is 24.6. The molecule has 35 heavy (non-hydrogen) atoms. The van der Waals surface area contributed by atoms with Gasteiger partial charge in [0, 0.05) is 0 Å². The summed E-state index contributed by atoms with van der Waals surface area (Å²) in [5, 5.41) is 13.9. The average Bonchev–Trinajstić information content (AvgIpc) is 3.65. The number of alkyl halides is 3. The van der Waals surface area contributed by atoms with Crippen LogP contribution in [0.2, 0.25) is 0 Å². The molecule has 1 aliphatic heterocycles. The molecule has 2 aliphatic rings. The number of carbonyl (C=O) groups excluding carboxylic acids is 1. The topological polar surface area (TPSA) is 105 Å². The van der Waals surface area contributed by atoms with Gasteiger partial charge in [-0.15, -0.1) is 25.6 Å². The summed E-state index contributed by atoms with van der Waals surface area (Å²) in [6, 6.07) is 9.79. The monoisotopic (exact) mass is 536 g/mol. The van der Waals surface area contributed by atoms with E-state index in [0.29, 0.717) is 31.0 Å². The molecule has 13 heteroatoms. The lowest BCUT2D eigenvalue weighted by Gasteiger charge is -2.37. The molecule has 1 saturated heterocycles. The Morgan fingerprint density at radius 1 is 0.971 bits per heavy atom. The van der Waals surface area contributed by atoms with Gasteiger partial charge in [-0.3, -0.25) is 10.0 Å². The van der Waals surface area contributed by atoms with Crippen molar-refractivity contribution >= 4 is 28.2 Å². The fraction of sp³-hybridized carbons (Fsp3) is 0.409. The highest BCUT2D eigenvalue weighted by Crippen LogP contribution is 2.39. The number of ether oxygens (including phenoxy) is 2. The lowest BCUT2D eigenvalue weighted by atomic mass is 9.95. The number of carbonyl (C=O) groups is 1. The van der Waals surface area contributed by atoms with Crippen LogP contribution < -0.4 is 14.8 Å². The number of hydroxylamine groups is 2. The van der Waals surface area contributed by atoms with Crippen LogP contribution in [0, 0.1) is 0 Å². The van der Waals surface area contributed by atoms with E-state index in [0.717, 1.165) is 12.1 Å². The smallest absolute Gasteiger partial charge is 0.457 e. The number of piperidine rings is 1. The molecule has 2 aromatic rings. The zero-order valence-corrected chi connectivity index (χ0v) is 20.0. The minimum Gasteiger partial charge on any atom is -0.457 e. The Bertz CT molecular complexity index is 1130. The van der Waals surface area contributed by atoms with Gasteiger partial charge < -0.3 is 14.8 Å². The number of amides is 1. The summed E-state index contributed by atoms with van der Waals surface area (Å²) in [6.07, 6.45) is -3.48. The number of hydrogen-bond donors (Lipinski definition) is 2. The van der Waals surface area contributed by atoms with E-state index in [2.05, 4.69) is 10.1 Å². The molecular weight excluding hydrogens is 513 g/mol. The molecule has 8 nitrogen and oxygen atoms in total. The zero-order valence-electron chi connectivity index (χ0n) is 18.3. The van der Waals surface area contributed by atoms with Crippen LogP contribution in [0.3, 0.4) is 0 Å². The summed E-state index contributed by atoms with van der Waals surface area (Å²) >= 11 is 0. The minimum absolute atomic E-state index is 0. The molecule has 2 N–H and O–H groups in total. The number of nitrogens with zero attached hydrogens (tertiary/aromatic N) is 1. The van der Waals surface area contributed by atoms with Gasteiger partial charge in [-0.05, 0) is 87.3 Å². The number of halogens is 4. The van der Waals surface area contributed by atoms with Crippen LogP contribution in [0.5, 0.6) is 17.2 Å². The molecule has 1 saturated carbocycles. The third-order valence-electron chi connectivity index (χ3n) is 5.84. The third-order valence-corrected chi connectivity index (χ3v) is 8.35. The molecule has 0 aromatic heterocycles. The van der Waals surface area contributed by atoms with Crippen LogP contribution in [0.4, 0.5) is 13.2 Å². The van der Waals surface area contributed by atoms with Gasteiger partial charge in [0.25, 0.3) is 5.91 Å². The van der Waals surface area contributed by atoms with Crippen molar-refractivity contribution in [2.75, 3.05) is 13.1 Å². The van der Waals surface area contributed by atoms with Crippen molar-refractivity contribution in [1.29, 1.82) is 0 Å². The van der Waals surface area contributed by atoms with Crippen LogP contribution in [0.25, 0.3) is 0 Å². The highest BCUT2D eigenvalue weighted by Gasteiger charge is 2.55. The molecule has 0 atom stereocenters. The first-order valence-electron chi connectivity index (χ1n) is 10.6. The first kappa shape index (κ1) is 27.1. The maximum atomic E-state index is 13.6. The second-order valence-corrected chi connectivity index (χ2v) is 10.5. The Labute approximate surface area is 206 Å². The van der Waals surface area contributed by atoms with Gasteiger partial charge in [-0.1, -0.05) is 0 Å². The molecule has 192 valence electrons. The van der Waals surface area contributed by atoms with Crippen LogP contribution in [0.1, 0.15) is 25.7 Å². The maximum absolute atomic E-state index is 13.6. The number of hydrogen-bond acceptors (Lipinski definition) is 7.